The van der Waals surface area contributed by atoms with Crippen LogP contribution in [0, 0.1) is 13.8 Å². The zero-order chi connectivity index (χ0) is 23.4. The highest BCUT2D eigenvalue weighted by Crippen LogP contribution is 2.32. The van der Waals surface area contributed by atoms with Crippen LogP contribution in [0.4, 0.5) is 0 Å². The minimum Gasteiger partial charge on any atom is -0.492 e. The Bertz CT molecular complexity index is 1020. The van der Waals surface area contributed by atoms with E-state index in [1.807, 2.05) is 61.2 Å². The van der Waals surface area contributed by atoms with Crippen molar-refractivity contribution in [3.63, 3.8) is 0 Å². The summed E-state index contributed by atoms with van der Waals surface area (Å²) in [5.74, 6) is 0.199. The van der Waals surface area contributed by atoms with Crippen LogP contribution in [-0.2, 0) is 9.59 Å². The Labute approximate surface area is 194 Å². The fourth-order valence-corrected chi connectivity index (χ4v) is 4.53. The van der Waals surface area contributed by atoms with Crippen LogP contribution in [0.3, 0.4) is 0 Å². The normalized spacial score (nSPS) is 17.3. The average molecular weight is 450 g/mol. The van der Waals surface area contributed by atoms with Crippen molar-refractivity contribution >= 4 is 17.4 Å². The van der Waals surface area contributed by atoms with Gasteiger partial charge >= 0.3 is 0 Å². The van der Waals surface area contributed by atoms with Crippen molar-refractivity contribution in [2.45, 2.75) is 13.8 Å². The van der Waals surface area contributed by atoms with E-state index in [-0.39, 0.29) is 31.6 Å². The van der Waals surface area contributed by atoms with Crippen molar-refractivity contribution in [2.75, 3.05) is 52.5 Å². The molecule has 1 fully saturated rings. The molecule has 0 unspecified atom stereocenters. The molecule has 2 aliphatic heterocycles. The summed E-state index contributed by atoms with van der Waals surface area (Å²) in [6.07, 6.45) is 0. The second kappa shape index (κ2) is 10.2. The largest absolute Gasteiger partial charge is 0.492 e. The lowest BCUT2D eigenvalue weighted by Crippen LogP contribution is -2.48. The van der Waals surface area contributed by atoms with Crippen LogP contribution in [0.15, 0.2) is 54.2 Å². The van der Waals surface area contributed by atoms with Crippen LogP contribution in [0.2, 0.25) is 0 Å². The van der Waals surface area contributed by atoms with Gasteiger partial charge < -0.3 is 14.7 Å². The van der Waals surface area contributed by atoms with Gasteiger partial charge in [-0.25, -0.2) is 0 Å². The fourth-order valence-electron chi connectivity index (χ4n) is 4.53. The van der Waals surface area contributed by atoms with Crippen molar-refractivity contribution in [3.05, 3.63) is 70.9 Å². The highest BCUT2D eigenvalue weighted by atomic mass is 16.5. The summed E-state index contributed by atoms with van der Waals surface area (Å²) in [5.41, 5.74) is 3.90. The average Bonchev–Trinajstić information content (AvgIpc) is 3.04. The lowest BCUT2D eigenvalue weighted by atomic mass is 10.0. The number of hydrogen-bond acceptors (Lipinski definition) is 6. The monoisotopic (exact) mass is 449 g/mol. The van der Waals surface area contributed by atoms with Gasteiger partial charge in [0.1, 0.15) is 18.1 Å². The Balaban J connectivity index is 1.52. The Morgan fingerprint density at radius 2 is 1.55 bits per heavy atom. The Morgan fingerprint density at radius 3 is 2.18 bits per heavy atom. The van der Waals surface area contributed by atoms with Gasteiger partial charge in [-0.3, -0.25) is 19.4 Å². The number of rotatable bonds is 8. The summed E-state index contributed by atoms with van der Waals surface area (Å²) < 4.78 is 5.88. The van der Waals surface area contributed by atoms with E-state index in [2.05, 4.69) is 11.0 Å². The maximum atomic E-state index is 13.5. The summed E-state index contributed by atoms with van der Waals surface area (Å²) >= 11 is 0. The van der Waals surface area contributed by atoms with Gasteiger partial charge in [0, 0.05) is 32.7 Å². The fraction of sp³-hybridized carbons (Fsp3) is 0.385. The van der Waals surface area contributed by atoms with Gasteiger partial charge in [0.05, 0.1) is 18.7 Å². The minimum absolute atomic E-state index is 0.115. The molecule has 0 radical (unpaired) electrons. The van der Waals surface area contributed by atoms with Gasteiger partial charge in [-0.05, 0) is 42.7 Å². The summed E-state index contributed by atoms with van der Waals surface area (Å²) in [4.78, 5) is 32.3. The van der Waals surface area contributed by atoms with Gasteiger partial charge in [-0.2, -0.15) is 0 Å². The van der Waals surface area contributed by atoms with Gasteiger partial charge in [-0.1, -0.05) is 36.4 Å². The second-order valence-corrected chi connectivity index (χ2v) is 8.58. The molecular formula is C26H31N3O4. The number of hydrogen-bond donors (Lipinski definition) is 1. The van der Waals surface area contributed by atoms with Gasteiger partial charge in [0.25, 0.3) is 11.8 Å². The summed E-state index contributed by atoms with van der Waals surface area (Å²) in [6, 6.07) is 15.4. The van der Waals surface area contributed by atoms with Crippen molar-refractivity contribution in [2.24, 2.45) is 0 Å². The molecule has 2 amide bonds. The van der Waals surface area contributed by atoms with Crippen LogP contribution < -0.4 is 4.74 Å². The number of β-amino-alcohol motifs (C(OH)–C–C–N with tert-alkyl or cyclic N) is 1. The lowest BCUT2D eigenvalue weighted by Gasteiger charge is -2.36. The third kappa shape index (κ3) is 5.10. The molecule has 2 aliphatic rings. The molecule has 0 bridgehead atoms. The van der Waals surface area contributed by atoms with Crippen molar-refractivity contribution in [1.29, 1.82) is 0 Å². The Morgan fingerprint density at radius 1 is 0.879 bits per heavy atom. The molecule has 1 N–H and O–H groups in total. The van der Waals surface area contributed by atoms with E-state index < -0.39 is 0 Å². The van der Waals surface area contributed by atoms with Gasteiger partial charge in [-0.15, -0.1) is 0 Å². The van der Waals surface area contributed by atoms with E-state index >= 15 is 0 Å². The maximum Gasteiger partial charge on any atom is 0.277 e. The molecule has 2 aromatic carbocycles. The molecule has 0 saturated carbocycles. The number of nitrogens with zero attached hydrogens (tertiary/aromatic N) is 3. The quantitative estimate of drug-likeness (QED) is 0.622. The van der Waals surface area contributed by atoms with E-state index in [0.29, 0.717) is 30.9 Å². The van der Waals surface area contributed by atoms with Crippen LogP contribution >= 0.6 is 0 Å². The molecule has 4 rings (SSSR count). The van der Waals surface area contributed by atoms with Crippen LogP contribution in [-0.4, -0.2) is 84.1 Å². The number of aryl methyl sites for hydroxylation is 2. The second-order valence-electron chi connectivity index (χ2n) is 8.58. The van der Waals surface area contributed by atoms with Gasteiger partial charge in [0.15, 0.2) is 0 Å². The number of piperazine rings is 1. The van der Waals surface area contributed by atoms with Crippen molar-refractivity contribution in [1.82, 2.24) is 14.7 Å². The number of carbonyl (C=O) groups excluding carboxylic acids is 2. The first-order chi connectivity index (χ1) is 16.0. The topological polar surface area (TPSA) is 73.3 Å². The number of carbonyl (C=O) groups is 2. The van der Waals surface area contributed by atoms with E-state index in [1.165, 1.54) is 4.90 Å². The SMILES string of the molecule is Cc1cc(C)cc(OCCN2C(=O)C(c3ccccc3)=C(N3CCN(CCO)CC3)C2=O)c1. The first-order valence-electron chi connectivity index (χ1n) is 11.4. The van der Waals surface area contributed by atoms with Crippen LogP contribution in [0.1, 0.15) is 16.7 Å². The van der Waals surface area contributed by atoms with Crippen LogP contribution in [0.5, 0.6) is 5.75 Å². The highest BCUT2D eigenvalue weighted by molar-refractivity contribution is 6.35. The molecule has 7 nitrogen and oxygen atoms in total. The predicted molar refractivity (Wildman–Crippen MR) is 127 cm³/mol. The first kappa shape index (κ1) is 23.0. The minimum atomic E-state index is -0.275. The smallest absolute Gasteiger partial charge is 0.277 e. The summed E-state index contributed by atoms with van der Waals surface area (Å²) in [7, 11) is 0. The standard InChI is InChI=1S/C26H31N3O4/c1-19-16-20(2)18-22(17-19)33-15-13-29-25(31)23(21-6-4-3-5-7-21)24(26(29)32)28-10-8-27(9-11-28)12-14-30/h3-7,16-18,30H,8-15H2,1-2H3. The maximum absolute atomic E-state index is 13.5. The number of imide groups is 1. The molecule has 2 aromatic rings. The summed E-state index contributed by atoms with van der Waals surface area (Å²) in [6.45, 7) is 7.93. The molecule has 174 valence electrons. The molecule has 0 aliphatic carbocycles. The van der Waals surface area contributed by atoms with E-state index in [4.69, 9.17) is 4.74 Å². The molecule has 2 heterocycles. The zero-order valence-corrected chi connectivity index (χ0v) is 19.3. The number of benzene rings is 2. The number of aliphatic hydroxyl groups excluding tert-OH is 1. The van der Waals surface area contributed by atoms with E-state index in [9.17, 15) is 14.7 Å². The first-order valence-corrected chi connectivity index (χ1v) is 11.4. The zero-order valence-electron chi connectivity index (χ0n) is 19.3. The summed E-state index contributed by atoms with van der Waals surface area (Å²) in [5, 5.41) is 9.21. The number of aliphatic hydroxyl groups is 1. The van der Waals surface area contributed by atoms with Gasteiger partial charge in [0.2, 0.25) is 0 Å². The molecule has 7 heteroatoms. The number of ether oxygens (including phenoxy) is 1. The third-order valence-corrected chi connectivity index (χ3v) is 6.09. The molecule has 1 saturated heterocycles. The molecule has 0 aromatic heterocycles. The van der Waals surface area contributed by atoms with Crippen molar-refractivity contribution < 1.29 is 19.4 Å². The van der Waals surface area contributed by atoms with E-state index in [1.54, 1.807) is 0 Å². The predicted octanol–water partition coefficient (Wildman–Crippen LogP) is 2.07. The van der Waals surface area contributed by atoms with Crippen molar-refractivity contribution in [3.8, 4) is 5.75 Å². The molecule has 33 heavy (non-hydrogen) atoms. The third-order valence-electron chi connectivity index (χ3n) is 6.09. The Kier molecular flexibility index (Phi) is 7.11. The molecule has 0 spiro atoms. The molecular weight excluding hydrogens is 418 g/mol. The lowest BCUT2D eigenvalue weighted by molar-refractivity contribution is -0.138. The highest BCUT2D eigenvalue weighted by Gasteiger charge is 2.41. The molecule has 0 atom stereocenters. The van der Waals surface area contributed by atoms with Crippen LogP contribution in [0.25, 0.3) is 5.57 Å². The Hall–Kier alpha value is -3.16. The number of amides is 2. The van der Waals surface area contributed by atoms with E-state index in [0.717, 1.165) is 35.5 Å².